The van der Waals surface area contributed by atoms with Crippen LogP contribution in [0.3, 0.4) is 0 Å². The molecule has 0 heterocycles. The molecule has 0 amide bonds. The summed E-state index contributed by atoms with van der Waals surface area (Å²) in [5, 5.41) is 10.6. The summed E-state index contributed by atoms with van der Waals surface area (Å²) < 4.78 is 10.2. The summed E-state index contributed by atoms with van der Waals surface area (Å²) in [7, 11) is 3.02. The van der Waals surface area contributed by atoms with E-state index in [1.807, 2.05) is 24.3 Å². The van der Waals surface area contributed by atoms with Crippen molar-refractivity contribution in [2.24, 2.45) is 11.8 Å². The molecule has 1 aromatic carbocycles. The molecule has 2 unspecified atom stereocenters. The summed E-state index contributed by atoms with van der Waals surface area (Å²) in [4.78, 5) is 12.2. The normalized spacial score (nSPS) is 18.5. The Hall–Kier alpha value is -1.55. The molecule has 0 aromatic heterocycles. The lowest BCUT2D eigenvalue weighted by atomic mass is 9.76. The summed E-state index contributed by atoms with van der Waals surface area (Å²) in [5.41, 5.74) is 0.969. The number of rotatable bonds is 6. The van der Waals surface area contributed by atoms with Gasteiger partial charge in [0.2, 0.25) is 0 Å². The number of carbonyl (C=O) groups excluding carboxylic acids is 1. The average Bonchev–Trinajstić information content (AvgIpc) is 2.56. The maximum atomic E-state index is 12.2. The third-order valence-electron chi connectivity index (χ3n) is 4.62. The number of aliphatic hydroxyl groups excluding tert-OH is 1. The van der Waals surface area contributed by atoms with Gasteiger partial charge in [-0.25, -0.2) is 0 Å². The van der Waals surface area contributed by atoms with Crippen LogP contribution in [0.25, 0.3) is 0 Å². The van der Waals surface area contributed by atoms with Gasteiger partial charge in [-0.2, -0.15) is 0 Å². The Labute approximate surface area is 132 Å². The number of aliphatic hydroxyl groups is 1. The second-order valence-corrected chi connectivity index (χ2v) is 6.07. The first-order valence-corrected chi connectivity index (χ1v) is 8.04. The third-order valence-corrected chi connectivity index (χ3v) is 4.62. The van der Waals surface area contributed by atoms with Crippen molar-refractivity contribution >= 4 is 5.97 Å². The number of ether oxygens (including phenoxy) is 2. The summed E-state index contributed by atoms with van der Waals surface area (Å²) in [6.07, 6.45) is 5.18. The predicted octanol–water partition coefficient (Wildman–Crippen LogP) is 2.97. The SMILES string of the molecule is COC(=O)C(C(O)Cc1cccc(OC)c1)C1CCCCC1. The van der Waals surface area contributed by atoms with E-state index in [-0.39, 0.29) is 11.9 Å². The van der Waals surface area contributed by atoms with Gasteiger partial charge in [-0.05, 0) is 42.9 Å². The molecule has 1 aliphatic carbocycles. The Morgan fingerprint density at radius 3 is 2.64 bits per heavy atom. The summed E-state index contributed by atoms with van der Waals surface area (Å²) >= 11 is 0. The minimum Gasteiger partial charge on any atom is -0.497 e. The van der Waals surface area contributed by atoms with Crippen molar-refractivity contribution in [2.45, 2.75) is 44.6 Å². The fraction of sp³-hybridized carbons (Fsp3) is 0.611. The number of hydrogen-bond acceptors (Lipinski definition) is 4. The molecule has 4 nitrogen and oxygen atoms in total. The molecule has 4 heteroatoms. The first-order valence-electron chi connectivity index (χ1n) is 8.04. The van der Waals surface area contributed by atoms with E-state index in [1.165, 1.54) is 13.5 Å². The Morgan fingerprint density at radius 1 is 1.27 bits per heavy atom. The van der Waals surface area contributed by atoms with Crippen molar-refractivity contribution < 1.29 is 19.4 Å². The molecule has 0 spiro atoms. The summed E-state index contributed by atoms with van der Waals surface area (Å²) in [5.74, 6) is 0.262. The van der Waals surface area contributed by atoms with Crippen molar-refractivity contribution in [3.8, 4) is 5.75 Å². The van der Waals surface area contributed by atoms with Gasteiger partial charge in [0.05, 0.1) is 26.2 Å². The maximum absolute atomic E-state index is 12.2. The van der Waals surface area contributed by atoms with Crippen LogP contribution >= 0.6 is 0 Å². The third kappa shape index (κ3) is 4.23. The molecular weight excluding hydrogens is 280 g/mol. The van der Waals surface area contributed by atoms with Crippen LogP contribution in [0, 0.1) is 11.8 Å². The van der Waals surface area contributed by atoms with Crippen LogP contribution in [0.5, 0.6) is 5.75 Å². The summed E-state index contributed by atoms with van der Waals surface area (Å²) in [6, 6.07) is 7.61. The van der Waals surface area contributed by atoms with Crippen LogP contribution in [0.15, 0.2) is 24.3 Å². The van der Waals surface area contributed by atoms with Crippen LogP contribution in [0.2, 0.25) is 0 Å². The van der Waals surface area contributed by atoms with Gasteiger partial charge in [-0.3, -0.25) is 4.79 Å². The summed E-state index contributed by atoms with van der Waals surface area (Å²) in [6.45, 7) is 0. The quantitative estimate of drug-likeness (QED) is 0.821. The molecule has 2 rings (SSSR count). The Balaban J connectivity index is 2.10. The Kier molecular flexibility index (Phi) is 6.25. The minimum atomic E-state index is -0.720. The monoisotopic (exact) mass is 306 g/mol. The molecular formula is C18H26O4. The van der Waals surface area contributed by atoms with Gasteiger partial charge in [0, 0.05) is 0 Å². The highest BCUT2D eigenvalue weighted by Gasteiger charge is 2.36. The van der Waals surface area contributed by atoms with E-state index in [9.17, 15) is 9.90 Å². The van der Waals surface area contributed by atoms with Crippen LogP contribution in [-0.4, -0.2) is 31.4 Å². The van der Waals surface area contributed by atoms with E-state index < -0.39 is 12.0 Å². The zero-order chi connectivity index (χ0) is 15.9. The molecule has 1 N–H and O–H groups in total. The molecule has 1 aliphatic rings. The van der Waals surface area contributed by atoms with E-state index in [0.29, 0.717) is 6.42 Å². The lowest BCUT2D eigenvalue weighted by molar-refractivity contribution is -0.153. The van der Waals surface area contributed by atoms with Crippen LogP contribution in [-0.2, 0) is 16.0 Å². The molecule has 22 heavy (non-hydrogen) atoms. The molecule has 0 bridgehead atoms. The number of carbonyl (C=O) groups is 1. The number of benzene rings is 1. The highest BCUT2D eigenvalue weighted by atomic mass is 16.5. The zero-order valence-corrected chi connectivity index (χ0v) is 13.5. The molecule has 122 valence electrons. The molecule has 1 saturated carbocycles. The first-order chi connectivity index (χ1) is 10.7. The second-order valence-electron chi connectivity index (χ2n) is 6.07. The maximum Gasteiger partial charge on any atom is 0.311 e. The van der Waals surface area contributed by atoms with Gasteiger partial charge in [0.1, 0.15) is 5.75 Å². The molecule has 1 fully saturated rings. The standard InChI is InChI=1S/C18H26O4/c1-21-15-10-6-7-13(11-15)12-16(19)17(18(20)22-2)14-8-4-3-5-9-14/h6-7,10-11,14,16-17,19H,3-5,8-9,12H2,1-2H3. The van der Waals surface area contributed by atoms with Crippen molar-refractivity contribution in [3.63, 3.8) is 0 Å². The predicted molar refractivity (Wildman–Crippen MR) is 84.8 cm³/mol. The molecule has 0 saturated heterocycles. The fourth-order valence-electron chi connectivity index (χ4n) is 3.46. The fourth-order valence-corrected chi connectivity index (χ4v) is 3.46. The number of methoxy groups -OCH3 is 2. The minimum absolute atomic E-state index is 0.224. The molecule has 2 atom stereocenters. The number of hydrogen-bond donors (Lipinski definition) is 1. The topological polar surface area (TPSA) is 55.8 Å². The van der Waals surface area contributed by atoms with Crippen molar-refractivity contribution in [1.29, 1.82) is 0 Å². The molecule has 0 radical (unpaired) electrons. The molecule has 0 aliphatic heterocycles. The molecule has 1 aromatic rings. The Morgan fingerprint density at radius 2 is 2.00 bits per heavy atom. The Bertz CT molecular complexity index is 480. The van der Waals surface area contributed by atoms with Crippen molar-refractivity contribution in [1.82, 2.24) is 0 Å². The smallest absolute Gasteiger partial charge is 0.311 e. The van der Waals surface area contributed by atoms with E-state index in [2.05, 4.69) is 0 Å². The first kappa shape index (κ1) is 16.8. The van der Waals surface area contributed by atoms with E-state index in [0.717, 1.165) is 37.0 Å². The van der Waals surface area contributed by atoms with Gasteiger partial charge in [-0.1, -0.05) is 31.4 Å². The lowest BCUT2D eigenvalue weighted by Crippen LogP contribution is -2.37. The van der Waals surface area contributed by atoms with Gasteiger partial charge >= 0.3 is 5.97 Å². The van der Waals surface area contributed by atoms with E-state index in [4.69, 9.17) is 9.47 Å². The van der Waals surface area contributed by atoms with Gasteiger partial charge in [0.25, 0.3) is 0 Å². The van der Waals surface area contributed by atoms with Gasteiger partial charge in [-0.15, -0.1) is 0 Å². The average molecular weight is 306 g/mol. The van der Waals surface area contributed by atoms with E-state index >= 15 is 0 Å². The van der Waals surface area contributed by atoms with E-state index in [1.54, 1.807) is 7.11 Å². The van der Waals surface area contributed by atoms with Crippen LogP contribution < -0.4 is 4.74 Å². The van der Waals surface area contributed by atoms with Crippen molar-refractivity contribution in [2.75, 3.05) is 14.2 Å². The largest absolute Gasteiger partial charge is 0.497 e. The van der Waals surface area contributed by atoms with Gasteiger partial charge in [0.15, 0.2) is 0 Å². The second kappa shape index (κ2) is 8.18. The lowest BCUT2D eigenvalue weighted by Gasteiger charge is -2.31. The highest BCUT2D eigenvalue weighted by molar-refractivity contribution is 5.73. The highest BCUT2D eigenvalue weighted by Crippen LogP contribution is 2.33. The number of esters is 1. The van der Waals surface area contributed by atoms with Gasteiger partial charge < -0.3 is 14.6 Å². The zero-order valence-electron chi connectivity index (χ0n) is 13.5. The van der Waals surface area contributed by atoms with Crippen LogP contribution in [0.1, 0.15) is 37.7 Å². The van der Waals surface area contributed by atoms with Crippen molar-refractivity contribution in [3.05, 3.63) is 29.8 Å². The van der Waals surface area contributed by atoms with Crippen LogP contribution in [0.4, 0.5) is 0 Å².